The highest BCUT2D eigenvalue weighted by Crippen LogP contribution is 2.35. The lowest BCUT2D eigenvalue weighted by Crippen LogP contribution is -2.38. The van der Waals surface area contributed by atoms with E-state index in [1.807, 2.05) is 24.1 Å². The normalized spacial score (nSPS) is 15.3. The van der Waals surface area contributed by atoms with Crippen molar-refractivity contribution in [2.45, 2.75) is 0 Å². The fourth-order valence-corrected chi connectivity index (χ4v) is 4.68. The Labute approximate surface area is 185 Å². The molecule has 1 aliphatic heterocycles. The number of nitrogens with zero attached hydrogens (tertiary/aromatic N) is 5. The van der Waals surface area contributed by atoms with Gasteiger partial charge in [0.15, 0.2) is 0 Å². The molecule has 0 saturated carbocycles. The smallest absolute Gasteiger partial charge is 0.139 e. The number of hydrogen-bond donors (Lipinski definition) is 1. The Morgan fingerprint density at radius 1 is 1.09 bits per heavy atom. The number of aromatic amines is 1. The number of pyridine rings is 1. The van der Waals surface area contributed by atoms with Crippen molar-refractivity contribution >= 4 is 32.8 Å². The molecular weight excluding hydrogens is 404 g/mol. The van der Waals surface area contributed by atoms with Crippen LogP contribution in [0.4, 0.5) is 0 Å². The molecule has 164 valence electrons. The quantitative estimate of drug-likeness (QED) is 0.463. The van der Waals surface area contributed by atoms with Crippen molar-refractivity contribution in [1.29, 1.82) is 0 Å². The minimum atomic E-state index is 0.669. The van der Waals surface area contributed by atoms with Gasteiger partial charge < -0.3 is 19.0 Å². The number of aromatic nitrogens is 5. The van der Waals surface area contributed by atoms with Crippen molar-refractivity contribution in [3.63, 3.8) is 0 Å². The third-order valence-corrected chi connectivity index (χ3v) is 6.38. The molecule has 0 aliphatic carbocycles. The summed E-state index contributed by atoms with van der Waals surface area (Å²) in [7, 11) is 4.04. The summed E-state index contributed by atoms with van der Waals surface area (Å²) in [4.78, 5) is 10.5. The summed E-state index contributed by atoms with van der Waals surface area (Å²) in [6.07, 6.45) is 5.88. The van der Waals surface area contributed by atoms with Gasteiger partial charge >= 0.3 is 0 Å². The number of benzene rings is 1. The van der Waals surface area contributed by atoms with Gasteiger partial charge in [0.2, 0.25) is 0 Å². The molecule has 8 nitrogen and oxygen atoms in total. The fourth-order valence-electron chi connectivity index (χ4n) is 4.68. The molecule has 5 heterocycles. The maximum absolute atomic E-state index is 6.11. The first-order valence-electron chi connectivity index (χ1n) is 11.0. The van der Waals surface area contributed by atoms with Crippen molar-refractivity contribution in [1.82, 2.24) is 29.2 Å². The Morgan fingerprint density at radius 2 is 1.97 bits per heavy atom. The molecule has 0 atom stereocenters. The van der Waals surface area contributed by atoms with Gasteiger partial charge in [0.25, 0.3) is 0 Å². The lowest BCUT2D eigenvalue weighted by atomic mass is 10.1. The van der Waals surface area contributed by atoms with E-state index in [1.165, 1.54) is 0 Å². The van der Waals surface area contributed by atoms with Crippen LogP contribution >= 0.6 is 0 Å². The van der Waals surface area contributed by atoms with Gasteiger partial charge in [0, 0.05) is 79.1 Å². The molecule has 1 fully saturated rings. The van der Waals surface area contributed by atoms with Crippen molar-refractivity contribution in [3.8, 4) is 17.0 Å². The summed E-state index contributed by atoms with van der Waals surface area (Å²) >= 11 is 0. The Hall–Kier alpha value is -3.36. The topological polar surface area (TPSA) is 73.1 Å². The Morgan fingerprint density at radius 3 is 2.84 bits per heavy atom. The molecule has 1 aliphatic rings. The Kier molecular flexibility index (Phi) is 4.62. The van der Waals surface area contributed by atoms with Gasteiger partial charge in [-0.3, -0.25) is 9.58 Å². The SMILES string of the molecule is Cn1cc(-c2cc3c(ncc4cnn(C)c43)[nH]2)c2cc(OCCN3CCOCC3)ccc21. The predicted octanol–water partition coefficient (Wildman–Crippen LogP) is 3.32. The van der Waals surface area contributed by atoms with Gasteiger partial charge in [-0.05, 0) is 24.3 Å². The first-order valence-corrected chi connectivity index (χ1v) is 11.0. The fraction of sp³-hybridized carbons (Fsp3) is 0.333. The van der Waals surface area contributed by atoms with Crippen LogP contribution in [0.5, 0.6) is 5.75 Å². The number of fused-ring (bicyclic) bond motifs is 4. The zero-order valence-electron chi connectivity index (χ0n) is 18.3. The monoisotopic (exact) mass is 430 g/mol. The van der Waals surface area contributed by atoms with E-state index < -0.39 is 0 Å². The number of hydrogen-bond acceptors (Lipinski definition) is 5. The molecule has 1 N–H and O–H groups in total. The van der Waals surface area contributed by atoms with Crippen LogP contribution in [0.15, 0.2) is 42.9 Å². The average molecular weight is 431 g/mol. The minimum absolute atomic E-state index is 0.669. The number of ether oxygens (including phenoxy) is 2. The van der Waals surface area contributed by atoms with E-state index in [0.717, 1.165) is 82.7 Å². The van der Waals surface area contributed by atoms with Crippen LogP contribution in [0.2, 0.25) is 0 Å². The molecule has 8 heteroatoms. The lowest BCUT2D eigenvalue weighted by Gasteiger charge is -2.26. The molecule has 5 aromatic rings. The van der Waals surface area contributed by atoms with Crippen molar-refractivity contribution in [2.75, 3.05) is 39.5 Å². The summed E-state index contributed by atoms with van der Waals surface area (Å²) in [5.74, 6) is 0.890. The molecular formula is C24H26N6O2. The number of rotatable bonds is 5. The zero-order valence-corrected chi connectivity index (χ0v) is 18.3. The van der Waals surface area contributed by atoms with Crippen LogP contribution in [-0.4, -0.2) is 68.7 Å². The molecule has 0 spiro atoms. The second kappa shape index (κ2) is 7.65. The minimum Gasteiger partial charge on any atom is -0.492 e. The number of aryl methyl sites for hydroxylation is 2. The van der Waals surface area contributed by atoms with E-state index in [4.69, 9.17) is 9.47 Å². The molecule has 4 aromatic heterocycles. The zero-order chi connectivity index (χ0) is 21.7. The second-order valence-corrected chi connectivity index (χ2v) is 8.41. The Bertz CT molecular complexity index is 1420. The van der Waals surface area contributed by atoms with E-state index in [2.05, 4.69) is 62.0 Å². The lowest BCUT2D eigenvalue weighted by molar-refractivity contribution is 0.0322. The van der Waals surface area contributed by atoms with Crippen LogP contribution in [0.25, 0.3) is 44.1 Å². The van der Waals surface area contributed by atoms with Gasteiger partial charge in [-0.1, -0.05) is 0 Å². The standard InChI is InChI=1S/C24H26N6O2/c1-28-15-20(21-12-19-23-16(14-26-29(23)2)13-25-24(19)27-21)18-11-17(3-4-22(18)28)32-10-7-30-5-8-31-9-6-30/h3-4,11-15H,5-10H2,1-2H3,(H,25,27). The molecule has 0 radical (unpaired) electrons. The third kappa shape index (κ3) is 3.23. The van der Waals surface area contributed by atoms with Gasteiger partial charge in [0.05, 0.1) is 24.9 Å². The van der Waals surface area contributed by atoms with E-state index in [9.17, 15) is 0 Å². The molecule has 0 amide bonds. The summed E-state index contributed by atoms with van der Waals surface area (Å²) in [6, 6.07) is 8.50. The Balaban J connectivity index is 1.34. The molecule has 0 unspecified atom stereocenters. The van der Waals surface area contributed by atoms with Gasteiger partial charge in [0.1, 0.15) is 18.0 Å². The molecule has 1 aromatic carbocycles. The molecule has 6 rings (SSSR count). The van der Waals surface area contributed by atoms with Crippen LogP contribution in [-0.2, 0) is 18.8 Å². The average Bonchev–Trinajstić information content (AvgIpc) is 3.49. The summed E-state index contributed by atoms with van der Waals surface area (Å²) in [5.41, 5.74) is 5.29. The van der Waals surface area contributed by atoms with E-state index in [-0.39, 0.29) is 0 Å². The highest BCUT2D eigenvalue weighted by molar-refractivity contribution is 6.06. The van der Waals surface area contributed by atoms with Crippen LogP contribution in [0, 0.1) is 0 Å². The van der Waals surface area contributed by atoms with E-state index in [1.54, 1.807) is 0 Å². The molecule has 1 saturated heterocycles. The molecule has 32 heavy (non-hydrogen) atoms. The highest BCUT2D eigenvalue weighted by Gasteiger charge is 2.16. The number of morpholine rings is 1. The first kappa shape index (κ1) is 19.3. The number of nitrogens with one attached hydrogen (secondary N) is 1. The van der Waals surface area contributed by atoms with Gasteiger partial charge in [-0.25, -0.2) is 4.98 Å². The van der Waals surface area contributed by atoms with Crippen LogP contribution in [0.1, 0.15) is 0 Å². The van der Waals surface area contributed by atoms with Gasteiger partial charge in [-0.2, -0.15) is 5.10 Å². The van der Waals surface area contributed by atoms with Gasteiger partial charge in [-0.15, -0.1) is 0 Å². The summed E-state index contributed by atoms with van der Waals surface area (Å²) < 4.78 is 15.6. The summed E-state index contributed by atoms with van der Waals surface area (Å²) in [5, 5.41) is 7.66. The summed E-state index contributed by atoms with van der Waals surface area (Å²) in [6.45, 7) is 5.15. The van der Waals surface area contributed by atoms with Crippen molar-refractivity contribution in [3.05, 3.63) is 42.9 Å². The molecule has 0 bridgehead atoms. The largest absolute Gasteiger partial charge is 0.492 e. The van der Waals surface area contributed by atoms with Crippen LogP contribution < -0.4 is 4.74 Å². The maximum Gasteiger partial charge on any atom is 0.139 e. The maximum atomic E-state index is 6.11. The highest BCUT2D eigenvalue weighted by atomic mass is 16.5. The van der Waals surface area contributed by atoms with Crippen molar-refractivity contribution < 1.29 is 9.47 Å². The number of H-pyrrole nitrogens is 1. The third-order valence-electron chi connectivity index (χ3n) is 6.38. The van der Waals surface area contributed by atoms with Crippen LogP contribution in [0.3, 0.4) is 0 Å². The van der Waals surface area contributed by atoms with E-state index in [0.29, 0.717) is 6.61 Å². The predicted molar refractivity (Wildman–Crippen MR) is 125 cm³/mol. The van der Waals surface area contributed by atoms with E-state index >= 15 is 0 Å². The van der Waals surface area contributed by atoms with Crippen molar-refractivity contribution in [2.24, 2.45) is 14.1 Å². The second-order valence-electron chi connectivity index (χ2n) is 8.41. The first-order chi connectivity index (χ1) is 15.7.